The molecule has 2 rings (SSSR count). The summed E-state index contributed by atoms with van der Waals surface area (Å²) in [6.07, 6.45) is 0. The van der Waals surface area contributed by atoms with Gasteiger partial charge in [-0.2, -0.15) is 0 Å². The van der Waals surface area contributed by atoms with Crippen molar-refractivity contribution in [2.75, 3.05) is 5.32 Å². The normalized spacial score (nSPS) is 10.3. The van der Waals surface area contributed by atoms with Crippen molar-refractivity contribution in [3.8, 4) is 0 Å². The first-order valence-electron chi connectivity index (χ1n) is 5.48. The molecule has 0 unspecified atom stereocenters. The van der Waals surface area contributed by atoms with Gasteiger partial charge in [-0.1, -0.05) is 11.6 Å². The maximum atomic E-state index is 12.1. The fraction of sp³-hybridized carbons (Fsp3) is 0.0769. The van der Waals surface area contributed by atoms with Crippen LogP contribution >= 0.6 is 38.9 Å². The number of thiophene rings is 1. The number of carbonyl (C=O) groups excluding carboxylic acids is 1. The minimum Gasteiger partial charge on any atom is -0.477 e. The number of hydrogen-bond acceptors (Lipinski definition) is 3. The molecule has 1 heterocycles. The van der Waals surface area contributed by atoms with E-state index < -0.39 is 5.97 Å². The Hall–Kier alpha value is -1.37. The second-order valence-corrected chi connectivity index (χ2v) is 6.32. The molecule has 0 saturated carbocycles. The third kappa shape index (κ3) is 3.20. The van der Waals surface area contributed by atoms with Gasteiger partial charge in [-0.05, 0) is 52.7 Å². The van der Waals surface area contributed by atoms with E-state index in [9.17, 15) is 9.59 Å². The Kier molecular flexibility index (Phi) is 4.47. The Morgan fingerprint density at radius 2 is 2.05 bits per heavy atom. The van der Waals surface area contributed by atoms with Crippen molar-refractivity contribution in [2.24, 2.45) is 0 Å². The van der Waals surface area contributed by atoms with Gasteiger partial charge in [0.1, 0.15) is 4.88 Å². The molecule has 0 radical (unpaired) electrons. The summed E-state index contributed by atoms with van der Waals surface area (Å²) in [6.45, 7) is 1.69. The molecule has 0 aliphatic carbocycles. The van der Waals surface area contributed by atoms with Gasteiger partial charge < -0.3 is 10.4 Å². The van der Waals surface area contributed by atoms with Crippen molar-refractivity contribution in [2.45, 2.75) is 6.92 Å². The van der Waals surface area contributed by atoms with Crippen LogP contribution in [0.1, 0.15) is 25.6 Å². The molecule has 1 amide bonds. The van der Waals surface area contributed by atoms with Crippen LogP contribution < -0.4 is 5.32 Å². The maximum absolute atomic E-state index is 12.1. The number of carbonyl (C=O) groups is 2. The molecule has 0 aliphatic rings. The van der Waals surface area contributed by atoms with E-state index in [-0.39, 0.29) is 10.8 Å². The molecule has 2 N–H and O–H groups in total. The number of aromatic carboxylic acids is 1. The van der Waals surface area contributed by atoms with Crippen LogP contribution in [0.4, 0.5) is 5.00 Å². The highest BCUT2D eigenvalue weighted by molar-refractivity contribution is 9.10. The number of halogens is 2. The fourth-order valence-corrected chi connectivity index (χ4v) is 2.98. The fourth-order valence-electron chi connectivity index (χ4n) is 1.58. The Morgan fingerprint density at radius 1 is 1.35 bits per heavy atom. The van der Waals surface area contributed by atoms with Gasteiger partial charge in [0.25, 0.3) is 5.91 Å². The highest BCUT2D eigenvalue weighted by Gasteiger charge is 2.15. The number of rotatable bonds is 3. The summed E-state index contributed by atoms with van der Waals surface area (Å²) in [5.41, 5.74) is 1.05. The van der Waals surface area contributed by atoms with Gasteiger partial charge in [-0.25, -0.2) is 4.79 Å². The molecule has 0 atom stereocenters. The summed E-state index contributed by atoms with van der Waals surface area (Å²) < 4.78 is 0.625. The Bertz CT molecular complexity index is 699. The average Bonchev–Trinajstić information content (AvgIpc) is 2.73. The van der Waals surface area contributed by atoms with Crippen LogP contribution in [0.15, 0.2) is 28.7 Å². The molecule has 2 aromatic rings. The standard InChI is InChI=1S/C13H9BrClNO3S/c1-6-4-10(20-11(6)13(18)19)16-12(17)7-2-3-9(15)8(14)5-7/h2-5H,1H3,(H,16,17)(H,18,19). The van der Waals surface area contributed by atoms with Crippen molar-refractivity contribution < 1.29 is 14.7 Å². The number of benzene rings is 1. The lowest BCUT2D eigenvalue weighted by Crippen LogP contribution is -2.10. The molecule has 0 fully saturated rings. The molecule has 1 aromatic carbocycles. The smallest absolute Gasteiger partial charge is 0.346 e. The summed E-state index contributed by atoms with van der Waals surface area (Å²) in [6, 6.07) is 6.46. The first-order valence-corrected chi connectivity index (χ1v) is 7.47. The van der Waals surface area contributed by atoms with E-state index in [1.165, 1.54) is 0 Å². The zero-order chi connectivity index (χ0) is 14.9. The molecule has 7 heteroatoms. The van der Waals surface area contributed by atoms with E-state index in [0.717, 1.165) is 11.3 Å². The Morgan fingerprint density at radius 3 is 2.60 bits per heavy atom. The summed E-state index contributed by atoms with van der Waals surface area (Å²) in [5, 5.41) is 12.7. The van der Waals surface area contributed by atoms with Gasteiger partial charge in [-0.15, -0.1) is 11.3 Å². The number of anilines is 1. The average molecular weight is 375 g/mol. The van der Waals surface area contributed by atoms with E-state index in [1.807, 2.05) is 0 Å². The van der Waals surface area contributed by atoms with Crippen LogP contribution in [0.2, 0.25) is 5.02 Å². The lowest BCUT2D eigenvalue weighted by Gasteiger charge is -2.03. The molecule has 0 saturated heterocycles. The molecule has 4 nitrogen and oxygen atoms in total. The van der Waals surface area contributed by atoms with E-state index >= 15 is 0 Å². The monoisotopic (exact) mass is 373 g/mol. The summed E-state index contributed by atoms with van der Waals surface area (Å²) in [5.74, 6) is -1.32. The van der Waals surface area contributed by atoms with Gasteiger partial charge in [-0.3, -0.25) is 4.79 Å². The van der Waals surface area contributed by atoms with Crippen molar-refractivity contribution in [1.82, 2.24) is 0 Å². The van der Waals surface area contributed by atoms with Crippen LogP contribution in [0.5, 0.6) is 0 Å². The number of carboxylic acids is 1. The largest absolute Gasteiger partial charge is 0.477 e. The lowest BCUT2D eigenvalue weighted by molar-refractivity contribution is 0.0701. The summed E-state index contributed by atoms with van der Waals surface area (Å²) in [4.78, 5) is 23.2. The van der Waals surface area contributed by atoms with Crippen LogP contribution in [0.3, 0.4) is 0 Å². The van der Waals surface area contributed by atoms with Crippen molar-refractivity contribution >= 4 is 55.7 Å². The minimum atomic E-state index is -0.998. The molecule has 20 heavy (non-hydrogen) atoms. The van der Waals surface area contributed by atoms with E-state index in [1.54, 1.807) is 31.2 Å². The second-order valence-electron chi connectivity index (χ2n) is 4.01. The van der Waals surface area contributed by atoms with Gasteiger partial charge >= 0.3 is 5.97 Å². The SMILES string of the molecule is Cc1cc(NC(=O)c2ccc(Cl)c(Br)c2)sc1C(=O)O. The van der Waals surface area contributed by atoms with Crippen LogP contribution in [0.25, 0.3) is 0 Å². The molecule has 0 aliphatic heterocycles. The van der Waals surface area contributed by atoms with E-state index in [2.05, 4.69) is 21.2 Å². The van der Waals surface area contributed by atoms with E-state index in [4.69, 9.17) is 16.7 Å². The van der Waals surface area contributed by atoms with Crippen molar-refractivity contribution in [3.63, 3.8) is 0 Å². The number of amides is 1. The van der Waals surface area contributed by atoms with Gasteiger partial charge in [0.2, 0.25) is 0 Å². The zero-order valence-electron chi connectivity index (χ0n) is 10.2. The first-order chi connectivity index (χ1) is 9.38. The maximum Gasteiger partial charge on any atom is 0.346 e. The predicted molar refractivity (Wildman–Crippen MR) is 83.1 cm³/mol. The second kappa shape index (κ2) is 5.95. The van der Waals surface area contributed by atoms with Crippen molar-refractivity contribution in [3.05, 3.63) is 49.8 Å². The molecule has 1 aromatic heterocycles. The quantitative estimate of drug-likeness (QED) is 0.835. The third-order valence-corrected chi connectivity index (χ3v) is 4.89. The van der Waals surface area contributed by atoms with Gasteiger partial charge in [0, 0.05) is 10.0 Å². The van der Waals surface area contributed by atoms with Crippen LogP contribution in [0, 0.1) is 6.92 Å². The molecule has 0 bridgehead atoms. The van der Waals surface area contributed by atoms with Crippen LogP contribution in [-0.4, -0.2) is 17.0 Å². The topological polar surface area (TPSA) is 66.4 Å². The molecule has 0 spiro atoms. The first kappa shape index (κ1) is 15.0. The number of carboxylic acid groups (broad SMARTS) is 1. The van der Waals surface area contributed by atoms with Crippen molar-refractivity contribution in [1.29, 1.82) is 0 Å². The Balaban J connectivity index is 2.21. The van der Waals surface area contributed by atoms with Crippen LogP contribution in [-0.2, 0) is 0 Å². The number of nitrogens with one attached hydrogen (secondary N) is 1. The van der Waals surface area contributed by atoms with Gasteiger partial charge in [0.05, 0.1) is 10.0 Å². The van der Waals surface area contributed by atoms with E-state index in [0.29, 0.717) is 25.6 Å². The zero-order valence-corrected chi connectivity index (χ0v) is 13.4. The highest BCUT2D eigenvalue weighted by atomic mass is 79.9. The third-order valence-electron chi connectivity index (χ3n) is 2.53. The number of aryl methyl sites for hydroxylation is 1. The Labute approximate surface area is 132 Å². The highest BCUT2D eigenvalue weighted by Crippen LogP contribution is 2.28. The molecular formula is C13H9BrClNO3S. The summed E-state index contributed by atoms with van der Waals surface area (Å²) >= 11 is 10.1. The molecular weight excluding hydrogens is 366 g/mol. The minimum absolute atomic E-state index is 0.220. The molecule has 104 valence electrons. The predicted octanol–water partition coefficient (Wildman–Crippen LogP) is 4.42. The summed E-state index contributed by atoms with van der Waals surface area (Å²) in [7, 11) is 0. The number of hydrogen-bond donors (Lipinski definition) is 2. The van der Waals surface area contributed by atoms with Gasteiger partial charge in [0.15, 0.2) is 0 Å². The lowest BCUT2D eigenvalue weighted by atomic mass is 10.2.